The molecule has 0 bridgehead atoms. The summed E-state index contributed by atoms with van der Waals surface area (Å²) >= 11 is 1.91. The van der Waals surface area contributed by atoms with E-state index in [0.717, 1.165) is 12.3 Å². The molecule has 1 aliphatic rings. The van der Waals surface area contributed by atoms with Crippen LogP contribution in [0.2, 0.25) is 0 Å². The minimum absolute atomic E-state index is 0.401. The van der Waals surface area contributed by atoms with Crippen LogP contribution >= 0.6 is 11.8 Å². The van der Waals surface area contributed by atoms with Crippen LogP contribution in [0.5, 0.6) is 0 Å². The van der Waals surface area contributed by atoms with Crippen LogP contribution in [0.15, 0.2) is 53.3 Å². The van der Waals surface area contributed by atoms with Crippen LogP contribution in [-0.2, 0) is 0 Å². The van der Waals surface area contributed by atoms with Gasteiger partial charge < -0.3 is 9.42 Å². The van der Waals surface area contributed by atoms with Crippen LogP contribution in [0.4, 0.5) is 5.88 Å². The molecule has 3 rings (SSSR count). The maximum Gasteiger partial charge on any atom is 0.232 e. The Kier molecular flexibility index (Phi) is 4.11. The third-order valence-electron chi connectivity index (χ3n) is 3.37. The Balaban J connectivity index is 1.85. The van der Waals surface area contributed by atoms with Crippen molar-refractivity contribution in [2.45, 2.75) is 31.6 Å². The molecule has 0 radical (unpaired) electrons. The van der Waals surface area contributed by atoms with Gasteiger partial charge in [-0.05, 0) is 12.0 Å². The molecule has 2 aromatic rings. The molecule has 4 heteroatoms. The summed E-state index contributed by atoms with van der Waals surface area (Å²) in [5.74, 6) is 0.824. The Hall–Kier alpha value is -1.68. The lowest BCUT2D eigenvalue weighted by molar-refractivity contribution is 0.419. The fourth-order valence-electron chi connectivity index (χ4n) is 2.31. The molecule has 0 aliphatic carbocycles. The molecule has 2 heterocycles. The van der Waals surface area contributed by atoms with Crippen LogP contribution in [0, 0.1) is 0 Å². The van der Waals surface area contributed by atoms with E-state index in [1.54, 1.807) is 6.20 Å². The highest BCUT2D eigenvalue weighted by Gasteiger charge is 2.28. The molecule has 1 aliphatic heterocycles. The molecule has 3 nitrogen and oxygen atoms in total. The molecule has 1 aromatic heterocycles. The Bertz CT molecular complexity index is 565. The van der Waals surface area contributed by atoms with Crippen LogP contribution in [0.3, 0.4) is 0 Å². The van der Waals surface area contributed by atoms with Crippen molar-refractivity contribution in [3.63, 3.8) is 0 Å². The number of aromatic nitrogens is 1. The van der Waals surface area contributed by atoms with Crippen molar-refractivity contribution in [2.75, 3.05) is 4.90 Å². The molecular weight excluding hydrogens is 268 g/mol. The molecule has 0 N–H and O–H groups in total. The van der Waals surface area contributed by atoms with Crippen molar-refractivity contribution < 1.29 is 4.52 Å². The maximum atomic E-state index is 5.33. The summed E-state index contributed by atoms with van der Waals surface area (Å²) in [7, 11) is 0. The van der Waals surface area contributed by atoms with E-state index >= 15 is 0 Å². The first-order valence-corrected chi connectivity index (χ1v) is 7.89. The molecule has 0 spiro atoms. The van der Waals surface area contributed by atoms with Gasteiger partial charge in [0.05, 0.1) is 11.6 Å². The quantitative estimate of drug-likeness (QED) is 0.793. The summed E-state index contributed by atoms with van der Waals surface area (Å²) in [6.07, 6.45) is 7.46. The Labute approximate surface area is 123 Å². The molecular formula is C16H18N2OS. The van der Waals surface area contributed by atoms with Crippen LogP contribution in [0.25, 0.3) is 4.91 Å². The predicted molar refractivity (Wildman–Crippen MR) is 84.3 cm³/mol. The van der Waals surface area contributed by atoms with Crippen molar-refractivity contribution in [3.8, 4) is 0 Å². The number of benzene rings is 1. The zero-order valence-corrected chi connectivity index (χ0v) is 12.3. The number of anilines is 1. The van der Waals surface area contributed by atoms with Crippen molar-refractivity contribution in [3.05, 3.63) is 54.4 Å². The summed E-state index contributed by atoms with van der Waals surface area (Å²) in [4.78, 5) is 3.50. The lowest BCUT2D eigenvalue weighted by Gasteiger charge is -2.21. The van der Waals surface area contributed by atoms with E-state index in [9.17, 15) is 0 Å². The van der Waals surface area contributed by atoms with E-state index < -0.39 is 0 Å². The fraction of sp³-hybridized carbons (Fsp3) is 0.312. The lowest BCUT2D eigenvalue weighted by Crippen LogP contribution is -2.23. The molecule has 20 heavy (non-hydrogen) atoms. The Morgan fingerprint density at radius 1 is 1.25 bits per heavy atom. The Morgan fingerprint density at radius 2 is 2.10 bits per heavy atom. The molecule has 104 valence electrons. The molecule has 1 atom stereocenters. The van der Waals surface area contributed by atoms with Gasteiger partial charge in [0.1, 0.15) is 0 Å². The van der Waals surface area contributed by atoms with Gasteiger partial charge in [-0.2, -0.15) is 0 Å². The van der Waals surface area contributed by atoms with E-state index in [1.807, 2.05) is 23.9 Å². The van der Waals surface area contributed by atoms with Gasteiger partial charge in [-0.25, -0.2) is 0 Å². The summed E-state index contributed by atoms with van der Waals surface area (Å²) < 4.78 is 5.33. The van der Waals surface area contributed by atoms with Crippen molar-refractivity contribution in [1.82, 2.24) is 5.16 Å². The molecule has 0 saturated carbocycles. The van der Waals surface area contributed by atoms with Gasteiger partial charge in [0.25, 0.3) is 0 Å². The summed E-state index contributed by atoms with van der Waals surface area (Å²) in [5, 5.41) is 4.23. The highest BCUT2D eigenvalue weighted by Crippen LogP contribution is 2.43. The summed E-state index contributed by atoms with van der Waals surface area (Å²) in [6, 6.07) is 12.4. The number of hydrogen-bond acceptors (Lipinski definition) is 4. The average molecular weight is 286 g/mol. The zero-order valence-electron chi connectivity index (χ0n) is 11.5. The summed E-state index contributed by atoms with van der Waals surface area (Å²) in [6.45, 7) is 2.23. The van der Waals surface area contributed by atoms with Gasteiger partial charge in [0.15, 0.2) is 0 Å². The standard InChI is InChI=1S/C16H18N2OS/c1-2-3-9-16-18(15-10-11-17-19-15)12-14(20-16)13-7-5-4-6-8-13/h4-8,10-12,16H,2-3,9H2,1H3. The molecule has 0 saturated heterocycles. The molecule has 1 aromatic carbocycles. The van der Waals surface area contributed by atoms with Crippen molar-refractivity contribution >= 4 is 22.6 Å². The van der Waals surface area contributed by atoms with Gasteiger partial charge in [-0.15, -0.1) is 0 Å². The van der Waals surface area contributed by atoms with E-state index in [2.05, 4.69) is 47.4 Å². The number of thioether (sulfide) groups is 1. The second-order valence-corrected chi connectivity index (χ2v) is 6.05. The predicted octanol–water partition coefficient (Wildman–Crippen LogP) is 4.74. The third kappa shape index (κ3) is 2.75. The monoisotopic (exact) mass is 286 g/mol. The number of rotatable bonds is 5. The average Bonchev–Trinajstić information content (AvgIpc) is 3.15. The first-order chi connectivity index (χ1) is 9.88. The van der Waals surface area contributed by atoms with Crippen LogP contribution in [0.1, 0.15) is 31.7 Å². The van der Waals surface area contributed by atoms with E-state index in [0.29, 0.717) is 5.37 Å². The van der Waals surface area contributed by atoms with Gasteiger partial charge in [-0.1, -0.05) is 67.0 Å². The minimum Gasteiger partial charge on any atom is -0.338 e. The highest BCUT2D eigenvalue weighted by atomic mass is 32.2. The molecule has 0 fully saturated rings. The Morgan fingerprint density at radius 3 is 2.80 bits per heavy atom. The summed E-state index contributed by atoms with van der Waals surface area (Å²) in [5.41, 5.74) is 1.26. The van der Waals surface area contributed by atoms with Gasteiger partial charge in [-0.3, -0.25) is 0 Å². The second-order valence-electron chi connectivity index (χ2n) is 4.83. The van der Waals surface area contributed by atoms with Crippen LogP contribution in [-0.4, -0.2) is 10.5 Å². The first-order valence-electron chi connectivity index (χ1n) is 7.01. The smallest absolute Gasteiger partial charge is 0.232 e. The lowest BCUT2D eigenvalue weighted by atomic mass is 10.2. The van der Waals surface area contributed by atoms with Gasteiger partial charge in [0.2, 0.25) is 5.88 Å². The van der Waals surface area contributed by atoms with Gasteiger partial charge in [0, 0.05) is 17.2 Å². The third-order valence-corrected chi connectivity index (χ3v) is 4.70. The number of unbranched alkanes of at least 4 members (excludes halogenated alkanes) is 1. The van der Waals surface area contributed by atoms with Crippen molar-refractivity contribution in [1.29, 1.82) is 0 Å². The molecule has 1 unspecified atom stereocenters. The topological polar surface area (TPSA) is 29.3 Å². The van der Waals surface area contributed by atoms with Crippen molar-refractivity contribution in [2.24, 2.45) is 0 Å². The SMILES string of the molecule is CCCCC1SC(c2ccccc2)=CN1c1ccno1. The van der Waals surface area contributed by atoms with E-state index in [4.69, 9.17) is 4.52 Å². The number of nitrogens with zero attached hydrogens (tertiary/aromatic N) is 2. The van der Waals surface area contributed by atoms with Crippen LogP contribution < -0.4 is 4.90 Å². The minimum atomic E-state index is 0.401. The number of hydrogen-bond donors (Lipinski definition) is 0. The molecule has 0 amide bonds. The zero-order chi connectivity index (χ0) is 13.8. The fourth-order valence-corrected chi connectivity index (χ4v) is 3.62. The first kappa shape index (κ1) is 13.3. The normalized spacial score (nSPS) is 18.4. The second kappa shape index (κ2) is 6.18. The largest absolute Gasteiger partial charge is 0.338 e. The maximum absolute atomic E-state index is 5.33. The van der Waals surface area contributed by atoms with Gasteiger partial charge >= 0.3 is 0 Å². The van der Waals surface area contributed by atoms with E-state index in [-0.39, 0.29) is 0 Å². The highest BCUT2D eigenvalue weighted by molar-refractivity contribution is 8.09. The van der Waals surface area contributed by atoms with E-state index in [1.165, 1.54) is 23.3 Å².